The molecule has 2 fully saturated rings. The molecule has 32 heavy (non-hydrogen) atoms. The van der Waals surface area contributed by atoms with Crippen molar-refractivity contribution in [3.63, 3.8) is 0 Å². The average molecular weight is 435 g/mol. The molecule has 3 aromatic heterocycles. The second-order valence-electron chi connectivity index (χ2n) is 8.57. The van der Waals surface area contributed by atoms with E-state index in [4.69, 9.17) is 30.0 Å². The van der Waals surface area contributed by atoms with Crippen molar-refractivity contribution in [3.8, 4) is 11.4 Å². The van der Waals surface area contributed by atoms with Gasteiger partial charge in [-0.1, -0.05) is 0 Å². The number of morpholine rings is 1. The molecule has 166 valence electrons. The van der Waals surface area contributed by atoms with E-state index in [1.54, 1.807) is 0 Å². The van der Waals surface area contributed by atoms with Crippen molar-refractivity contribution in [3.05, 3.63) is 24.4 Å². The fourth-order valence-corrected chi connectivity index (χ4v) is 4.65. The van der Waals surface area contributed by atoms with Gasteiger partial charge in [-0.2, -0.15) is 10.1 Å². The van der Waals surface area contributed by atoms with Crippen LogP contribution in [-0.2, 0) is 4.74 Å². The van der Waals surface area contributed by atoms with Crippen LogP contribution in [-0.4, -0.2) is 76.1 Å². The van der Waals surface area contributed by atoms with Gasteiger partial charge in [-0.3, -0.25) is 0 Å². The molecular formula is C22H26N8O2. The molecule has 0 atom stereocenters. The maximum Gasteiger partial charge on any atom is 0.292 e. The molecule has 0 saturated carbocycles. The van der Waals surface area contributed by atoms with Crippen LogP contribution in [0.25, 0.3) is 33.5 Å². The summed E-state index contributed by atoms with van der Waals surface area (Å²) in [5.41, 5.74) is 8.83. The van der Waals surface area contributed by atoms with Gasteiger partial charge in [-0.25, -0.2) is 14.6 Å². The Kier molecular flexibility index (Phi) is 4.69. The van der Waals surface area contributed by atoms with Crippen LogP contribution in [0.3, 0.4) is 0 Å². The summed E-state index contributed by atoms with van der Waals surface area (Å²) >= 11 is 0. The number of benzene rings is 1. The molecule has 1 aromatic carbocycles. The molecule has 10 heteroatoms. The minimum atomic E-state index is 0.155. The van der Waals surface area contributed by atoms with Crippen molar-refractivity contribution < 1.29 is 9.15 Å². The highest BCUT2D eigenvalue weighted by Crippen LogP contribution is 2.32. The van der Waals surface area contributed by atoms with Gasteiger partial charge in [0.1, 0.15) is 11.3 Å². The van der Waals surface area contributed by atoms with Crippen molar-refractivity contribution in [2.75, 3.05) is 57.1 Å². The van der Waals surface area contributed by atoms with Gasteiger partial charge in [0.2, 0.25) is 0 Å². The molecule has 0 bridgehead atoms. The summed E-state index contributed by atoms with van der Waals surface area (Å²) in [6.45, 7) is 5.09. The van der Waals surface area contributed by atoms with Gasteiger partial charge in [0.05, 0.1) is 30.8 Å². The molecule has 2 N–H and O–H groups in total. The Balaban J connectivity index is 1.50. The number of rotatable bonds is 3. The summed E-state index contributed by atoms with van der Waals surface area (Å²) in [6, 6.07) is 6.23. The molecule has 2 aliphatic heterocycles. The number of aromatic nitrogens is 5. The Morgan fingerprint density at radius 1 is 1.03 bits per heavy atom. The summed E-state index contributed by atoms with van der Waals surface area (Å²) in [6.07, 6.45) is 4.04. The zero-order chi connectivity index (χ0) is 21.7. The SMILES string of the molecule is CN1CCC(n2ncc3c(N4CCOCC4)nc(-c4ccc5oc(N)nc5c4)nc32)CC1. The molecule has 4 aromatic rings. The predicted octanol–water partition coefficient (Wildman–Crippen LogP) is 2.32. The van der Waals surface area contributed by atoms with Crippen molar-refractivity contribution in [1.29, 1.82) is 0 Å². The maximum absolute atomic E-state index is 5.73. The normalized spacial score (nSPS) is 18.7. The standard InChI is InChI=1S/C22H26N8O2/c1-28-6-4-15(5-7-28)30-21-16(13-24-30)20(29-8-10-31-11-9-29)26-19(27-21)14-2-3-18-17(12-14)25-22(23)32-18/h2-3,12-13,15H,4-11H2,1H3,(H2,23,25). The van der Waals surface area contributed by atoms with Crippen molar-refractivity contribution in [1.82, 2.24) is 29.6 Å². The molecule has 0 unspecified atom stereocenters. The fourth-order valence-electron chi connectivity index (χ4n) is 4.65. The molecule has 0 radical (unpaired) electrons. The van der Waals surface area contributed by atoms with E-state index in [9.17, 15) is 0 Å². The summed E-state index contributed by atoms with van der Waals surface area (Å²) in [4.78, 5) is 18.9. The molecule has 10 nitrogen and oxygen atoms in total. The first kappa shape index (κ1) is 19.4. The molecule has 0 aliphatic carbocycles. The maximum atomic E-state index is 5.73. The quantitative estimate of drug-likeness (QED) is 0.519. The molecule has 6 rings (SSSR count). The van der Waals surface area contributed by atoms with Crippen molar-refractivity contribution in [2.24, 2.45) is 0 Å². The van der Waals surface area contributed by atoms with Gasteiger partial charge in [0.25, 0.3) is 6.01 Å². The number of nitrogen functional groups attached to an aromatic ring is 1. The van der Waals surface area contributed by atoms with Crippen LogP contribution in [0.2, 0.25) is 0 Å². The largest absolute Gasteiger partial charge is 0.424 e. The first-order valence-corrected chi connectivity index (χ1v) is 11.1. The third-order valence-electron chi connectivity index (χ3n) is 6.44. The lowest BCUT2D eigenvalue weighted by Crippen LogP contribution is -2.37. The van der Waals surface area contributed by atoms with E-state index in [1.807, 2.05) is 24.4 Å². The molecular weight excluding hydrogens is 408 g/mol. The minimum Gasteiger partial charge on any atom is -0.424 e. The van der Waals surface area contributed by atoms with E-state index in [0.29, 0.717) is 36.2 Å². The average Bonchev–Trinajstić information content (AvgIpc) is 3.41. The summed E-state index contributed by atoms with van der Waals surface area (Å²) < 4.78 is 13.1. The fraction of sp³-hybridized carbons (Fsp3) is 0.455. The van der Waals surface area contributed by atoms with Crippen LogP contribution in [0, 0.1) is 0 Å². The van der Waals surface area contributed by atoms with E-state index in [-0.39, 0.29) is 6.01 Å². The van der Waals surface area contributed by atoms with Crippen LogP contribution in [0.1, 0.15) is 18.9 Å². The predicted molar refractivity (Wildman–Crippen MR) is 122 cm³/mol. The number of nitrogens with zero attached hydrogens (tertiary/aromatic N) is 7. The van der Waals surface area contributed by atoms with Crippen LogP contribution in [0.4, 0.5) is 11.8 Å². The number of ether oxygens (including phenoxy) is 1. The molecule has 0 spiro atoms. The highest BCUT2D eigenvalue weighted by Gasteiger charge is 2.25. The Labute approximate surface area is 185 Å². The topological polar surface area (TPSA) is 111 Å². The minimum absolute atomic E-state index is 0.155. The second-order valence-corrected chi connectivity index (χ2v) is 8.57. The molecule has 2 aliphatic rings. The van der Waals surface area contributed by atoms with Crippen molar-refractivity contribution >= 4 is 34.0 Å². The Morgan fingerprint density at radius 3 is 2.66 bits per heavy atom. The number of oxazole rings is 1. The van der Waals surface area contributed by atoms with Gasteiger partial charge >= 0.3 is 0 Å². The Hall–Kier alpha value is -3.24. The van der Waals surface area contributed by atoms with Gasteiger partial charge in [0, 0.05) is 18.7 Å². The van der Waals surface area contributed by atoms with Crippen molar-refractivity contribution in [2.45, 2.75) is 18.9 Å². The van der Waals surface area contributed by atoms with E-state index < -0.39 is 0 Å². The smallest absolute Gasteiger partial charge is 0.292 e. The van der Waals surface area contributed by atoms with E-state index in [1.165, 1.54) is 0 Å². The summed E-state index contributed by atoms with van der Waals surface area (Å²) in [5, 5.41) is 5.77. The Morgan fingerprint density at radius 2 is 1.84 bits per heavy atom. The van der Waals surface area contributed by atoms with Gasteiger partial charge in [0.15, 0.2) is 17.1 Å². The number of likely N-dealkylation sites (tertiary alicyclic amines) is 1. The number of hydrogen-bond donors (Lipinski definition) is 1. The van der Waals surface area contributed by atoms with Crippen LogP contribution < -0.4 is 10.6 Å². The second kappa shape index (κ2) is 7.72. The van der Waals surface area contributed by atoms with Gasteiger partial charge in [-0.15, -0.1) is 0 Å². The summed E-state index contributed by atoms with van der Waals surface area (Å²) in [5.74, 6) is 1.56. The molecule has 5 heterocycles. The lowest BCUT2D eigenvalue weighted by Gasteiger charge is -2.30. The number of piperidine rings is 1. The lowest BCUT2D eigenvalue weighted by atomic mass is 10.1. The number of nitrogens with two attached hydrogens (primary N) is 1. The molecule has 0 amide bonds. The van der Waals surface area contributed by atoms with Crippen LogP contribution in [0.5, 0.6) is 0 Å². The van der Waals surface area contributed by atoms with Crippen LogP contribution >= 0.6 is 0 Å². The van der Waals surface area contributed by atoms with Crippen LogP contribution in [0.15, 0.2) is 28.8 Å². The lowest BCUT2D eigenvalue weighted by molar-refractivity contribution is 0.122. The highest BCUT2D eigenvalue weighted by atomic mass is 16.5. The monoisotopic (exact) mass is 434 g/mol. The number of hydrogen-bond acceptors (Lipinski definition) is 9. The molecule has 2 saturated heterocycles. The van der Waals surface area contributed by atoms with E-state index >= 15 is 0 Å². The summed E-state index contributed by atoms with van der Waals surface area (Å²) in [7, 11) is 2.17. The first-order chi connectivity index (χ1) is 15.7. The Bertz CT molecular complexity index is 1270. The number of anilines is 2. The van der Waals surface area contributed by atoms with E-state index in [0.717, 1.165) is 61.4 Å². The number of fused-ring (bicyclic) bond motifs is 2. The highest BCUT2D eigenvalue weighted by molar-refractivity contribution is 5.89. The zero-order valence-corrected chi connectivity index (χ0v) is 18.1. The third-order valence-corrected chi connectivity index (χ3v) is 6.44. The van der Waals surface area contributed by atoms with Gasteiger partial charge < -0.3 is 24.7 Å². The first-order valence-electron chi connectivity index (χ1n) is 11.1. The third kappa shape index (κ3) is 3.35. The van der Waals surface area contributed by atoms with E-state index in [2.05, 4.69) is 26.5 Å². The van der Waals surface area contributed by atoms with Gasteiger partial charge in [-0.05, 0) is 51.2 Å². The zero-order valence-electron chi connectivity index (χ0n) is 18.1.